The molecule has 0 aliphatic rings. The normalized spacial score (nSPS) is 11.4. The molecule has 0 bridgehead atoms. The summed E-state index contributed by atoms with van der Waals surface area (Å²) in [7, 11) is 2.67. The zero-order valence-corrected chi connectivity index (χ0v) is 15.5. The van der Waals surface area contributed by atoms with E-state index in [-0.39, 0.29) is 29.0 Å². The van der Waals surface area contributed by atoms with Crippen LogP contribution in [0.4, 0.5) is 16.2 Å². The lowest BCUT2D eigenvalue weighted by Gasteiger charge is -2.11. The molecule has 1 aromatic heterocycles. The molecule has 1 atom stereocenters. The second-order valence-electron chi connectivity index (χ2n) is 5.02. The molecule has 142 valence electrons. The number of benzene rings is 1. The van der Waals surface area contributed by atoms with Crippen LogP contribution in [-0.4, -0.2) is 32.8 Å². The first-order chi connectivity index (χ1) is 12.8. The van der Waals surface area contributed by atoms with Crippen LogP contribution in [0.2, 0.25) is 0 Å². The Balaban J connectivity index is 1.72. The van der Waals surface area contributed by atoms with Gasteiger partial charge in [-0.3, -0.25) is 20.2 Å². The van der Waals surface area contributed by atoms with Gasteiger partial charge in [-0.25, -0.2) is 9.78 Å². The van der Waals surface area contributed by atoms with Gasteiger partial charge in [-0.1, -0.05) is 10.8 Å². The van der Waals surface area contributed by atoms with Crippen LogP contribution < -0.4 is 4.74 Å². The molecule has 0 radical (unpaired) electrons. The van der Waals surface area contributed by atoms with Crippen molar-refractivity contribution in [3.8, 4) is 5.75 Å². The number of aromatic nitrogens is 1. The summed E-state index contributed by atoms with van der Waals surface area (Å²) in [6, 6.07) is 7.93. The highest BCUT2D eigenvalue weighted by Crippen LogP contribution is 2.33. The minimum absolute atomic E-state index is 0.0659. The van der Waals surface area contributed by atoms with Crippen LogP contribution in [0.3, 0.4) is 0 Å². The molecule has 1 heterocycles. The van der Waals surface area contributed by atoms with E-state index in [2.05, 4.69) is 4.98 Å². The molecule has 0 amide bonds. The van der Waals surface area contributed by atoms with Crippen molar-refractivity contribution in [1.29, 1.82) is 0 Å². The van der Waals surface area contributed by atoms with Crippen molar-refractivity contribution in [3.63, 3.8) is 0 Å². The topological polar surface area (TPSA) is 135 Å². The SMILES string of the molecule is C[C@H](COC(=O)Oc1ccc([N+](=O)[O-])cc1)SSc1ccc([N+](=O)[O-])cn1. The molecule has 0 N–H and O–H groups in total. The Labute approximate surface area is 161 Å². The quantitative estimate of drug-likeness (QED) is 0.204. The van der Waals surface area contributed by atoms with Crippen LogP contribution in [0.1, 0.15) is 6.92 Å². The standard InChI is InChI=1S/C15H13N3O7S2/c1-10(26-27-14-7-4-12(8-16-14)18(22)23)9-24-15(19)25-13-5-2-11(3-6-13)17(20)21/h2-8,10H,9H2,1H3/t10-/m1/s1. The monoisotopic (exact) mass is 411 g/mol. The van der Waals surface area contributed by atoms with Gasteiger partial charge in [-0.2, -0.15) is 0 Å². The molecule has 0 spiro atoms. The number of rotatable bonds is 8. The van der Waals surface area contributed by atoms with Crippen LogP contribution in [0.25, 0.3) is 0 Å². The number of nitrogens with zero attached hydrogens (tertiary/aromatic N) is 3. The number of carbonyl (C=O) groups is 1. The fraction of sp³-hybridized carbons (Fsp3) is 0.200. The smallest absolute Gasteiger partial charge is 0.433 e. The van der Waals surface area contributed by atoms with E-state index in [4.69, 9.17) is 9.47 Å². The van der Waals surface area contributed by atoms with Gasteiger partial charge in [0.2, 0.25) is 0 Å². The third-order valence-corrected chi connectivity index (χ3v) is 5.67. The second kappa shape index (κ2) is 9.73. The Morgan fingerprint density at radius 1 is 1.11 bits per heavy atom. The van der Waals surface area contributed by atoms with Crippen molar-refractivity contribution in [3.05, 3.63) is 62.8 Å². The minimum Gasteiger partial charge on any atom is -0.433 e. The van der Waals surface area contributed by atoms with Crippen LogP contribution in [-0.2, 0) is 4.74 Å². The highest BCUT2D eigenvalue weighted by atomic mass is 33.1. The van der Waals surface area contributed by atoms with Gasteiger partial charge < -0.3 is 9.47 Å². The average Bonchev–Trinajstić information content (AvgIpc) is 2.65. The highest BCUT2D eigenvalue weighted by Gasteiger charge is 2.13. The maximum Gasteiger partial charge on any atom is 0.513 e. The van der Waals surface area contributed by atoms with Gasteiger partial charge in [0.15, 0.2) is 0 Å². The van der Waals surface area contributed by atoms with Crippen molar-refractivity contribution in [1.82, 2.24) is 4.98 Å². The first kappa shape index (κ1) is 20.5. The molecule has 10 nitrogen and oxygen atoms in total. The predicted molar refractivity (Wildman–Crippen MR) is 98.9 cm³/mol. The number of non-ortho nitro benzene ring substituents is 1. The second-order valence-corrected chi connectivity index (χ2v) is 7.68. The first-order valence-electron chi connectivity index (χ1n) is 7.38. The number of nitro benzene ring substituents is 1. The molecular formula is C15H13N3O7S2. The summed E-state index contributed by atoms with van der Waals surface area (Å²) >= 11 is 0. The highest BCUT2D eigenvalue weighted by molar-refractivity contribution is 8.76. The largest absolute Gasteiger partial charge is 0.513 e. The first-order valence-corrected chi connectivity index (χ1v) is 9.59. The summed E-state index contributed by atoms with van der Waals surface area (Å²) in [6.45, 7) is 1.89. The van der Waals surface area contributed by atoms with Gasteiger partial charge in [0, 0.05) is 23.4 Å². The summed E-state index contributed by atoms with van der Waals surface area (Å²) in [4.78, 5) is 35.6. The maximum atomic E-state index is 11.6. The van der Waals surface area contributed by atoms with E-state index in [0.29, 0.717) is 5.03 Å². The van der Waals surface area contributed by atoms with E-state index in [1.165, 1.54) is 64.2 Å². The van der Waals surface area contributed by atoms with Gasteiger partial charge in [0.25, 0.3) is 11.4 Å². The molecule has 0 saturated carbocycles. The lowest BCUT2D eigenvalue weighted by Crippen LogP contribution is -2.16. The fourth-order valence-electron chi connectivity index (χ4n) is 1.64. The van der Waals surface area contributed by atoms with Crippen LogP contribution >= 0.6 is 21.6 Å². The average molecular weight is 411 g/mol. The van der Waals surface area contributed by atoms with Crippen LogP contribution in [0, 0.1) is 20.2 Å². The van der Waals surface area contributed by atoms with Crippen molar-refractivity contribution < 1.29 is 24.1 Å². The summed E-state index contributed by atoms with van der Waals surface area (Å²) in [5, 5.41) is 21.6. The number of nitro groups is 2. The molecule has 27 heavy (non-hydrogen) atoms. The minimum atomic E-state index is -0.922. The van der Waals surface area contributed by atoms with Crippen molar-refractivity contribution >= 4 is 39.1 Å². The number of hydrogen-bond acceptors (Lipinski definition) is 10. The molecule has 2 aromatic rings. The van der Waals surface area contributed by atoms with Crippen molar-refractivity contribution in [2.45, 2.75) is 17.2 Å². The summed E-state index contributed by atoms with van der Waals surface area (Å²) in [6.07, 6.45) is 0.251. The van der Waals surface area contributed by atoms with Gasteiger partial charge in [0.05, 0.1) is 9.85 Å². The van der Waals surface area contributed by atoms with E-state index in [9.17, 15) is 25.0 Å². The molecule has 0 fully saturated rings. The molecule has 12 heteroatoms. The molecular weight excluding hydrogens is 398 g/mol. The number of hydrogen-bond donors (Lipinski definition) is 0. The Bertz CT molecular complexity index is 815. The van der Waals surface area contributed by atoms with Crippen LogP contribution in [0.15, 0.2) is 47.6 Å². The van der Waals surface area contributed by atoms with E-state index in [1.807, 2.05) is 6.92 Å². The number of pyridine rings is 1. The summed E-state index contributed by atoms with van der Waals surface area (Å²) < 4.78 is 9.91. The summed E-state index contributed by atoms with van der Waals surface area (Å²) in [5.74, 6) is 0.135. The molecule has 0 aliphatic heterocycles. The van der Waals surface area contributed by atoms with Crippen LogP contribution in [0.5, 0.6) is 5.75 Å². The lowest BCUT2D eigenvalue weighted by atomic mass is 10.3. The van der Waals surface area contributed by atoms with E-state index >= 15 is 0 Å². The maximum absolute atomic E-state index is 11.6. The van der Waals surface area contributed by atoms with Crippen molar-refractivity contribution in [2.75, 3.05) is 6.61 Å². The zero-order valence-electron chi connectivity index (χ0n) is 13.8. The van der Waals surface area contributed by atoms with Gasteiger partial charge >= 0.3 is 6.16 Å². The Hall–Kier alpha value is -2.86. The Morgan fingerprint density at radius 3 is 2.30 bits per heavy atom. The van der Waals surface area contributed by atoms with E-state index < -0.39 is 16.0 Å². The lowest BCUT2D eigenvalue weighted by molar-refractivity contribution is -0.385. The number of ether oxygens (including phenoxy) is 2. The Kier molecular flexibility index (Phi) is 7.37. The molecule has 0 saturated heterocycles. The zero-order chi connectivity index (χ0) is 19.8. The fourth-order valence-corrected chi connectivity index (χ4v) is 3.49. The third kappa shape index (κ3) is 6.75. The van der Waals surface area contributed by atoms with Gasteiger partial charge in [-0.05, 0) is 35.9 Å². The molecule has 2 rings (SSSR count). The predicted octanol–water partition coefficient (Wildman–Crippen LogP) is 4.24. The molecule has 0 unspecified atom stereocenters. The van der Waals surface area contributed by atoms with Gasteiger partial charge in [0.1, 0.15) is 23.6 Å². The van der Waals surface area contributed by atoms with E-state index in [0.717, 1.165) is 0 Å². The molecule has 0 aliphatic carbocycles. The number of carbonyl (C=O) groups excluding carboxylic acids is 1. The molecule has 1 aromatic carbocycles. The van der Waals surface area contributed by atoms with Crippen molar-refractivity contribution in [2.24, 2.45) is 0 Å². The Morgan fingerprint density at radius 2 is 1.74 bits per heavy atom. The third-order valence-electron chi connectivity index (χ3n) is 2.91. The van der Waals surface area contributed by atoms with E-state index in [1.54, 1.807) is 0 Å². The summed E-state index contributed by atoms with van der Waals surface area (Å²) in [5.41, 5.74) is -0.202. The van der Waals surface area contributed by atoms with Gasteiger partial charge in [-0.15, -0.1) is 0 Å².